The van der Waals surface area contributed by atoms with Crippen LogP contribution >= 0.6 is 0 Å². The summed E-state index contributed by atoms with van der Waals surface area (Å²) in [7, 11) is 3.65. The third-order valence-electron chi connectivity index (χ3n) is 6.17. The van der Waals surface area contributed by atoms with Crippen LogP contribution in [-0.4, -0.2) is 56.2 Å². The Morgan fingerprint density at radius 3 is 2.06 bits per heavy atom. The monoisotopic (exact) mass is 496 g/mol. The van der Waals surface area contributed by atoms with Crippen molar-refractivity contribution in [1.82, 2.24) is 10.2 Å². The van der Waals surface area contributed by atoms with Crippen molar-refractivity contribution >= 4 is 11.9 Å². The highest BCUT2D eigenvalue weighted by Crippen LogP contribution is 2.10. The molecule has 198 valence electrons. The van der Waals surface area contributed by atoms with E-state index in [0.717, 1.165) is 63.7 Å². The Hall–Kier alpha value is -2.70. The van der Waals surface area contributed by atoms with Gasteiger partial charge in [-0.3, -0.25) is 14.5 Å². The van der Waals surface area contributed by atoms with E-state index in [0.29, 0.717) is 6.42 Å². The number of benzene rings is 2. The van der Waals surface area contributed by atoms with Gasteiger partial charge in [0.1, 0.15) is 12.6 Å². The molecule has 2 aromatic carbocycles. The fourth-order valence-corrected chi connectivity index (χ4v) is 4.23. The summed E-state index contributed by atoms with van der Waals surface area (Å²) in [4.78, 5) is 26.9. The van der Waals surface area contributed by atoms with Gasteiger partial charge in [-0.1, -0.05) is 79.9 Å². The molecule has 0 aliphatic rings. The van der Waals surface area contributed by atoms with Gasteiger partial charge in [0.2, 0.25) is 5.91 Å². The summed E-state index contributed by atoms with van der Waals surface area (Å²) in [6, 6.07) is 19.2. The molecule has 0 radical (unpaired) electrons. The van der Waals surface area contributed by atoms with Crippen LogP contribution < -0.4 is 5.32 Å². The van der Waals surface area contributed by atoms with E-state index in [4.69, 9.17) is 9.47 Å². The number of ether oxygens (including phenoxy) is 2. The number of hydrogen-bond donors (Lipinski definition) is 1. The summed E-state index contributed by atoms with van der Waals surface area (Å²) < 4.78 is 11.2. The SMILES string of the molecule is CC(NC(=O)CCCCCCCOCCCc1ccccc1)C(C(=O)OCc1ccccc1)N(C)C. The molecule has 2 rings (SSSR count). The van der Waals surface area contributed by atoms with Crippen LogP contribution in [0, 0.1) is 0 Å². The molecule has 0 fully saturated rings. The smallest absolute Gasteiger partial charge is 0.325 e. The van der Waals surface area contributed by atoms with E-state index in [2.05, 4.69) is 29.6 Å². The van der Waals surface area contributed by atoms with Crippen LogP contribution in [0.1, 0.15) is 63.0 Å². The summed E-state index contributed by atoms with van der Waals surface area (Å²) in [6.45, 7) is 3.69. The normalized spacial score (nSPS) is 12.8. The topological polar surface area (TPSA) is 67.9 Å². The first-order valence-electron chi connectivity index (χ1n) is 13.3. The number of esters is 1. The number of carbonyl (C=O) groups excluding carboxylic acids is 2. The largest absolute Gasteiger partial charge is 0.460 e. The van der Waals surface area contributed by atoms with E-state index in [1.807, 2.05) is 57.4 Å². The fraction of sp³-hybridized carbons (Fsp3) is 0.533. The lowest BCUT2D eigenvalue weighted by Gasteiger charge is -2.28. The summed E-state index contributed by atoms with van der Waals surface area (Å²) >= 11 is 0. The number of nitrogens with zero attached hydrogens (tertiary/aromatic N) is 1. The number of unbranched alkanes of at least 4 members (excludes halogenated alkanes) is 4. The molecule has 0 aromatic heterocycles. The van der Waals surface area contributed by atoms with Crippen molar-refractivity contribution in [2.45, 2.75) is 77.0 Å². The van der Waals surface area contributed by atoms with Crippen LogP contribution in [0.3, 0.4) is 0 Å². The van der Waals surface area contributed by atoms with E-state index in [9.17, 15) is 9.59 Å². The predicted octanol–water partition coefficient (Wildman–Crippen LogP) is 5.15. The standard InChI is InChI=1S/C30H44N2O4/c1-25(29(32(2)3)30(34)36-24-27-18-11-8-12-19-27)31-28(33)21-13-5-4-6-14-22-35-23-15-20-26-16-9-7-10-17-26/h7-12,16-19,25,29H,4-6,13-15,20-24H2,1-3H3,(H,31,33). The zero-order valence-electron chi connectivity index (χ0n) is 22.3. The van der Waals surface area contributed by atoms with Crippen LogP contribution in [0.15, 0.2) is 60.7 Å². The molecule has 1 amide bonds. The Labute approximate surface area is 217 Å². The minimum Gasteiger partial charge on any atom is -0.460 e. The molecule has 0 spiro atoms. The van der Waals surface area contributed by atoms with Crippen molar-refractivity contribution in [3.8, 4) is 0 Å². The molecular weight excluding hydrogens is 452 g/mol. The molecule has 2 unspecified atom stereocenters. The van der Waals surface area contributed by atoms with E-state index in [1.165, 1.54) is 5.56 Å². The summed E-state index contributed by atoms with van der Waals surface area (Å²) in [5.74, 6) is -0.356. The summed E-state index contributed by atoms with van der Waals surface area (Å²) in [6.07, 6.45) is 7.73. The molecule has 0 saturated heterocycles. The molecule has 0 saturated carbocycles. The van der Waals surface area contributed by atoms with Gasteiger partial charge in [0.25, 0.3) is 0 Å². The van der Waals surface area contributed by atoms with Gasteiger partial charge in [-0.2, -0.15) is 0 Å². The number of likely N-dealkylation sites (N-methyl/N-ethyl adjacent to an activating group) is 1. The van der Waals surface area contributed by atoms with E-state index in [1.54, 1.807) is 4.90 Å². The second kappa shape index (κ2) is 17.7. The van der Waals surface area contributed by atoms with Crippen LogP contribution in [0.5, 0.6) is 0 Å². The lowest BCUT2D eigenvalue weighted by Crippen LogP contribution is -2.52. The van der Waals surface area contributed by atoms with Gasteiger partial charge in [-0.25, -0.2) is 0 Å². The van der Waals surface area contributed by atoms with Gasteiger partial charge in [-0.05, 0) is 57.8 Å². The summed E-state index contributed by atoms with van der Waals surface area (Å²) in [5.41, 5.74) is 2.30. The Kier molecular flexibility index (Phi) is 14.5. The zero-order valence-corrected chi connectivity index (χ0v) is 22.3. The van der Waals surface area contributed by atoms with E-state index in [-0.39, 0.29) is 24.5 Å². The van der Waals surface area contributed by atoms with Gasteiger partial charge in [0, 0.05) is 19.6 Å². The molecule has 1 N–H and O–H groups in total. The Morgan fingerprint density at radius 2 is 1.39 bits per heavy atom. The Bertz CT molecular complexity index is 858. The number of nitrogens with one attached hydrogen (secondary N) is 1. The highest BCUT2D eigenvalue weighted by Gasteiger charge is 2.29. The maximum absolute atomic E-state index is 12.7. The Morgan fingerprint density at radius 1 is 0.806 bits per heavy atom. The fourth-order valence-electron chi connectivity index (χ4n) is 4.23. The molecule has 0 heterocycles. The molecular formula is C30H44N2O4. The van der Waals surface area contributed by atoms with Crippen molar-refractivity contribution in [2.75, 3.05) is 27.3 Å². The molecule has 0 bridgehead atoms. The van der Waals surface area contributed by atoms with Crippen LogP contribution in [0.4, 0.5) is 0 Å². The van der Waals surface area contributed by atoms with Crippen molar-refractivity contribution < 1.29 is 19.1 Å². The average Bonchev–Trinajstić information content (AvgIpc) is 2.87. The lowest BCUT2D eigenvalue weighted by molar-refractivity contribution is -0.151. The van der Waals surface area contributed by atoms with Gasteiger partial charge in [0.15, 0.2) is 0 Å². The first-order chi connectivity index (χ1) is 17.5. The Balaban J connectivity index is 1.51. The first-order valence-corrected chi connectivity index (χ1v) is 13.3. The lowest BCUT2D eigenvalue weighted by atomic mass is 10.1. The number of aryl methyl sites for hydroxylation is 1. The second-order valence-electron chi connectivity index (χ2n) is 9.58. The highest BCUT2D eigenvalue weighted by molar-refractivity contribution is 5.80. The minimum atomic E-state index is -0.537. The van der Waals surface area contributed by atoms with Crippen LogP contribution in [0.2, 0.25) is 0 Å². The number of carbonyl (C=O) groups is 2. The number of rotatable bonds is 18. The first kappa shape index (κ1) is 29.5. The number of amides is 1. The third-order valence-corrected chi connectivity index (χ3v) is 6.17. The third kappa shape index (κ3) is 12.3. The maximum atomic E-state index is 12.7. The molecule has 2 atom stereocenters. The maximum Gasteiger partial charge on any atom is 0.325 e. The molecule has 2 aromatic rings. The van der Waals surface area contributed by atoms with Crippen LogP contribution in [-0.2, 0) is 32.1 Å². The van der Waals surface area contributed by atoms with Gasteiger partial charge in [-0.15, -0.1) is 0 Å². The van der Waals surface area contributed by atoms with Crippen molar-refractivity contribution in [3.05, 3.63) is 71.8 Å². The van der Waals surface area contributed by atoms with Gasteiger partial charge < -0.3 is 14.8 Å². The van der Waals surface area contributed by atoms with Crippen LogP contribution in [0.25, 0.3) is 0 Å². The van der Waals surface area contributed by atoms with Crippen molar-refractivity contribution in [3.63, 3.8) is 0 Å². The quantitative estimate of drug-likeness (QED) is 0.228. The molecule has 36 heavy (non-hydrogen) atoms. The summed E-state index contributed by atoms with van der Waals surface area (Å²) in [5, 5.41) is 2.98. The highest BCUT2D eigenvalue weighted by atomic mass is 16.5. The van der Waals surface area contributed by atoms with Gasteiger partial charge in [0.05, 0.1) is 6.04 Å². The molecule has 0 aliphatic carbocycles. The van der Waals surface area contributed by atoms with Crippen molar-refractivity contribution in [2.24, 2.45) is 0 Å². The molecule has 6 nitrogen and oxygen atoms in total. The zero-order chi connectivity index (χ0) is 26.0. The van der Waals surface area contributed by atoms with E-state index < -0.39 is 6.04 Å². The van der Waals surface area contributed by atoms with E-state index >= 15 is 0 Å². The molecule has 0 aliphatic heterocycles. The average molecular weight is 497 g/mol. The molecule has 6 heteroatoms. The minimum absolute atomic E-state index is 0.0213. The second-order valence-corrected chi connectivity index (χ2v) is 9.58. The van der Waals surface area contributed by atoms with Crippen molar-refractivity contribution in [1.29, 1.82) is 0 Å². The van der Waals surface area contributed by atoms with Gasteiger partial charge >= 0.3 is 5.97 Å². The number of hydrogen-bond acceptors (Lipinski definition) is 5. The predicted molar refractivity (Wildman–Crippen MR) is 145 cm³/mol.